The zero-order chi connectivity index (χ0) is 11.2. The summed E-state index contributed by atoms with van der Waals surface area (Å²) >= 11 is 2.03. The van der Waals surface area contributed by atoms with Crippen LogP contribution in [0.2, 0.25) is 0 Å². The van der Waals surface area contributed by atoms with E-state index in [1.807, 2.05) is 11.8 Å². The van der Waals surface area contributed by atoms with Crippen molar-refractivity contribution in [3.63, 3.8) is 0 Å². The first-order chi connectivity index (χ1) is 6.89. The van der Waals surface area contributed by atoms with E-state index in [0.29, 0.717) is 5.92 Å². The number of hydrogen-bond donors (Lipinski definition) is 0. The lowest BCUT2D eigenvalue weighted by atomic mass is 9.85. The standard InChI is InChI=1S/C14H20S/c1-9-10(2)15-13-8-11(14(3,4)5)6-7-12(9)13/h6-10H,1-5H3. The smallest absolute Gasteiger partial charge is 0.0133 e. The lowest BCUT2D eigenvalue weighted by molar-refractivity contribution is 0.588. The molecule has 82 valence electrons. The lowest BCUT2D eigenvalue weighted by Gasteiger charge is -2.20. The number of fused-ring (bicyclic) bond motifs is 1. The third-order valence-corrected chi connectivity index (χ3v) is 4.77. The van der Waals surface area contributed by atoms with Crippen molar-refractivity contribution >= 4 is 11.8 Å². The van der Waals surface area contributed by atoms with Crippen LogP contribution in [-0.4, -0.2) is 5.25 Å². The highest BCUT2D eigenvalue weighted by molar-refractivity contribution is 8.00. The van der Waals surface area contributed by atoms with E-state index in [1.54, 1.807) is 5.56 Å². The lowest BCUT2D eigenvalue weighted by Crippen LogP contribution is -2.11. The van der Waals surface area contributed by atoms with Crippen LogP contribution in [0.3, 0.4) is 0 Å². The maximum atomic E-state index is 2.39. The summed E-state index contributed by atoms with van der Waals surface area (Å²) in [6.45, 7) is 11.5. The Bertz CT molecular complexity index is 373. The topological polar surface area (TPSA) is 0 Å². The molecule has 0 fully saturated rings. The first kappa shape index (κ1) is 11.1. The predicted octanol–water partition coefficient (Wildman–Crippen LogP) is 4.58. The highest BCUT2D eigenvalue weighted by Crippen LogP contribution is 2.46. The molecule has 1 heterocycles. The highest BCUT2D eigenvalue weighted by Gasteiger charge is 2.27. The van der Waals surface area contributed by atoms with Crippen molar-refractivity contribution in [3.8, 4) is 0 Å². The molecular weight excluding hydrogens is 200 g/mol. The maximum Gasteiger partial charge on any atom is 0.0133 e. The fourth-order valence-corrected chi connectivity index (χ4v) is 3.37. The number of benzene rings is 1. The summed E-state index contributed by atoms with van der Waals surface area (Å²) < 4.78 is 0. The van der Waals surface area contributed by atoms with Crippen LogP contribution in [0.1, 0.15) is 51.7 Å². The summed E-state index contributed by atoms with van der Waals surface area (Å²) in [6, 6.07) is 7.02. The van der Waals surface area contributed by atoms with Crippen LogP contribution in [0.5, 0.6) is 0 Å². The summed E-state index contributed by atoms with van der Waals surface area (Å²) in [6.07, 6.45) is 0. The van der Waals surface area contributed by atoms with Gasteiger partial charge in [0.1, 0.15) is 0 Å². The molecule has 0 saturated carbocycles. The van der Waals surface area contributed by atoms with Crippen LogP contribution in [-0.2, 0) is 5.41 Å². The molecule has 1 aliphatic heterocycles. The van der Waals surface area contributed by atoms with Gasteiger partial charge >= 0.3 is 0 Å². The van der Waals surface area contributed by atoms with Crippen LogP contribution >= 0.6 is 11.8 Å². The quantitative estimate of drug-likeness (QED) is 0.616. The van der Waals surface area contributed by atoms with Crippen molar-refractivity contribution in [1.29, 1.82) is 0 Å². The third kappa shape index (κ3) is 1.94. The molecule has 15 heavy (non-hydrogen) atoms. The molecule has 1 aromatic rings. The monoisotopic (exact) mass is 220 g/mol. The zero-order valence-corrected chi connectivity index (χ0v) is 11.1. The van der Waals surface area contributed by atoms with E-state index in [9.17, 15) is 0 Å². The largest absolute Gasteiger partial charge is 0.122 e. The van der Waals surface area contributed by atoms with Gasteiger partial charge in [-0.25, -0.2) is 0 Å². The average Bonchev–Trinajstić information content (AvgIpc) is 2.41. The molecule has 2 rings (SSSR count). The molecule has 0 bridgehead atoms. The molecule has 0 N–H and O–H groups in total. The second kappa shape index (κ2) is 3.55. The highest BCUT2D eigenvalue weighted by atomic mass is 32.2. The molecule has 2 unspecified atom stereocenters. The van der Waals surface area contributed by atoms with Crippen molar-refractivity contribution in [2.45, 2.75) is 56.1 Å². The van der Waals surface area contributed by atoms with E-state index in [4.69, 9.17) is 0 Å². The van der Waals surface area contributed by atoms with Gasteiger partial charge in [0.15, 0.2) is 0 Å². The molecular formula is C14H20S. The molecule has 0 spiro atoms. The van der Waals surface area contributed by atoms with E-state index >= 15 is 0 Å². The van der Waals surface area contributed by atoms with Gasteiger partial charge in [0.25, 0.3) is 0 Å². The van der Waals surface area contributed by atoms with Crippen LogP contribution in [0.4, 0.5) is 0 Å². The minimum Gasteiger partial charge on any atom is -0.122 e. The molecule has 1 aliphatic rings. The van der Waals surface area contributed by atoms with Gasteiger partial charge in [0, 0.05) is 10.1 Å². The minimum absolute atomic E-state index is 0.269. The Labute approximate surface area is 97.5 Å². The van der Waals surface area contributed by atoms with Crippen molar-refractivity contribution in [2.75, 3.05) is 0 Å². The summed E-state index contributed by atoms with van der Waals surface area (Å²) in [4.78, 5) is 1.50. The third-order valence-electron chi connectivity index (χ3n) is 3.39. The Kier molecular flexibility index (Phi) is 2.62. The summed E-state index contributed by atoms with van der Waals surface area (Å²) in [5.41, 5.74) is 3.26. The Morgan fingerprint density at radius 2 is 1.80 bits per heavy atom. The Balaban J connectivity index is 2.42. The molecule has 1 aromatic carbocycles. The van der Waals surface area contributed by atoms with E-state index < -0.39 is 0 Å². The maximum absolute atomic E-state index is 2.39. The fraction of sp³-hybridized carbons (Fsp3) is 0.571. The number of hydrogen-bond acceptors (Lipinski definition) is 1. The Hall–Kier alpha value is -0.430. The van der Waals surface area contributed by atoms with Crippen LogP contribution in [0.25, 0.3) is 0 Å². The first-order valence-corrected chi connectivity index (χ1v) is 6.58. The second-order valence-corrected chi connectivity index (χ2v) is 7.03. The van der Waals surface area contributed by atoms with Gasteiger partial charge in [-0.1, -0.05) is 46.8 Å². The summed E-state index contributed by atoms with van der Waals surface area (Å²) in [5, 5.41) is 0.732. The molecule has 0 saturated heterocycles. The van der Waals surface area contributed by atoms with E-state index in [0.717, 1.165) is 5.25 Å². The van der Waals surface area contributed by atoms with E-state index in [2.05, 4.69) is 52.8 Å². The summed E-state index contributed by atoms with van der Waals surface area (Å²) in [7, 11) is 0. The Morgan fingerprint density at radius 3 is 2.40 bits per heavy atom. The van der Waals surface area contributed by atoms with Gasteiger partial charge in [-0.15, -0.1) is 11.8 Å². The van der Waals surface area contributed by atoms with Crippen LogP contribution in [0, 0.1) is 0 Å². The van der Waals surface area contributed by atoms with Gasteiger partial charge in [0.2, 0.25) is 0 Å². The normalized spacial score (nSPS) is 25.4. The number of rotatable bonds is 0. The van der Waals surface area contributed by atoms with Gasteiger partial charge in [-0.3, -0.25) is 0 Å². The molecule has 0 nitrogen and oxygen atoms in total. The van der Waals surface area contributed by atoms with Crippen LogP contribution in [0.15, 0.2) is 23.1 Å². The van der Waals surface area contributed by atoms with Gasteiger partial charge in [-0.05, 0) is 28.5 Å². The SMILES string of the molecule is CC1Sc2cc(C(C)(C)C)ccc2C1C. The van der Waals surface area contributed by atoms with E-state index in [1.165, 1.54) is 10.5 Å². The van der Waals surface area contributed by atoms with Crippen LogP contribution < -0.4 is 0 Å². The van der Waals surface area contributed by atoms with Gasteiger partial charge in [-0.2, -0.15) is 0 Å². The first-order valence-electron chi connectivity index (χ1n) is 5.70. The van der Waals surface area contributed by atoms with Crippen molar-refractivity contribution in [2.24, 2.45) is 0 Å². The van der Waals surface area contributed by atoms with Crippen molar-refractivity contribution in [3.05, 3.63) is 29.3 Å². The molecule has 1 heteroatoms. The van der Waals surface area contributed by atoms with Gasteiger partial charge < -0.3 is 0 Å². The fourth-order valence-electron chi connectivity index (χ4n) is 2.03. The molecule has 0 radical (unpaired) electrons. The average molecular weight is 220 g/mol. The summed E-state index contributed by atoms with van der Waals surface area (Å²) in [5.74, 6) is 0.707. The second-order valence-electron chi connectivity index (χ2n) is 5.61. The zero-order valence-electron chi connectivity index (χ0n) is 10.3. The van der Waals surface area contributed by atoms with Gasteiger partial charge in [0.05, 0.1) is 0 Å². The van der Waals surface area contributed by atoms with Crippen molar-refractivity contribution < 1.29 is 0 Å². The molecule has 0 aliphatic carbocycles. The Morgan fingerprint density at radius 1 is 1.13 bits per heavy atom. The predicted molar refractivity (Wildman–Crippen MR) is 68.9 cm³/mol. The van der Waals surface area contributed by atoms with Crippen molar-refractivity contribution in [1.82, 2.24) is 0 Å². The number of thioether (sulfide) groups is 1. The minimum atomic E-state index is 0.269. The molecule has 0 amide bonds. The van der Waals surface area contributed by atoms with E-state index in [-0.39, 0.29) is 5.41 Å². The molecule has 0 aromatic heterocycles. The molecule has 2 atom stereocenters.